The van der Waals surface area contributed by atoms with Crippen molar-refractivity contribution in [2.24, 2.45) is 0 Å². The molecule has 0 atom stereocenters. The molecular formula is C22H23FN4O3. The molecule has 1 aliphatic rings. The first-order valence-corrected chi connectivity index (χ1v) is 9.84. The van der Waals surface area contributed by atoms with Crippen LogP contribution in [0.4, 0.5) is 10.1 Å². The fourth-order valence-corrected chi connectivity index (χ4v) is 3.95. The molecule has 1 aromatic heterocycles. The van der Waals surface area contributed by atoms with Crippen LogP contribution < -0.4 is 11.3 Å². The molecule has 0 unspecified atom stereocenters. The van der Waals surface area contributed by atoms with Crippen LogP contribution in [-0.2, 0) is 11.2 Å². The second-order valence-electron chi connectivity index (χ2n) is 7.49. The monoisotopic (exact) mass is 410 g/mol. The number of likely N-dealkylation sites (tertiary alicyclic amines) is 1. The summed E-state index contributed by atoms with van der Waals surface area (Å²) in [6, 6.07) is 9.55. The number of rotatable bonds is 4. The molecule has 4 rings (SSSR count). The molecule has 1 fully saturated rings. The van der Waals surface area contributed by atoms with E-state index in [1.54, 1.807) is 42.3 Å². The van der Waals surface area contributed by atoms with E-state index in [9.17, 15) is 14.0 Å². The number of carbonyl (C=O) groups excluding carboxylic acids is 1. The zero-order chi connectivity index (χ0) is 21.3. The van der Waals surface area contributed by atoms with E-state index in [1.807, 2.05) is 0 Å². The van der Waals surface area contributed by atoms with Gasteiger partial charge in [0.05, 0.1) is 22.7 Å². The quantitative estimate of drug-likeness (QED) is 0.644. The number of amides is 1. The highest BCUT2D eigenvalue weighted by molar-refractivity contribution is 5.95. The highest BCUT2D eigenvalue weighted by Crippen LogP contribution is 2.24. The van der Waals surface area contributed by atoms with Crippen molar-refractivity contribution in [2.45, 2.75) is 25.4 Å². The van der Waals surface area contributed by atoms with Gasteiger partial charge in [-0.25, -0.2) is 9.49 Å². The van der Waals surface area contributed by atoms with Crippen molar-refractivity contribution in [3.63, 3.8) is 0 Å². The van der Waals surface area contributed by atoms with Gasteiger partial charge in [-0.3, -0.25) is 9.59 Å². The molecule has 156 valence electrons. The lowest BCUT2D eigenvalue weighted by atomic mass is 10.0. The van der Waals surface area contributed by atoms with Gasteiger partial charge in [0.2, 0.25) is 0 Å². The summed E-state index contributed by atoms with van der Waals surface area (Å²) >= 11 is 0. The van der Waals surface area contributed by atoms with Gasteiger partial charge >= 0.3 is 0 Å². The number of carbonyl (C=O) groups is 1. The minimum Gasteiger partial charge on any atom is -0.398 e. The Labute approximate surface area is 172 Å². The van der Waals surface area contributed by atoms with E-state index in [1.165, 1.54) is 6.07 Å². The van der Waals surface area contributed by atoms with Gasteiger partial charge in [-0.15, -0.1) is 0 Å². The van der Waals surface area contributed by atoms with E-state index in [0.29, 0.717) is 47.2 Å². The van der Waals surface area contributed by atoms with E-state index < -0.39 is 5.82 Å². The van der Waals surface area contributed by atoms with Crippen molar-refractivity contribution >= 4 is 22.4 Å². The van der Waals surface area contributed by atoms with E-state index >= 15 is 0 Å². The van der Waals surface area contributed by atoms with Crippen molar-refractivity contribution in [3.05, 3.63) is 69.4 Å². The Morgan fingerprint density at radius 2 is 2.07 bits per heavy atom. The number of fused-ring (bicyclic) bond motifs is 1. The molecule has 3 aromatic rings. The summed E-state index contributed by atoms with van der Waals surface area (Å²) in [4.78, 5) is 26.6. The van der Waals surface area contributed by atoms with Crippen molar-refractivity contribution in [3.8, 4) is 0 Å². The predicted molar refractivity (Wildman–Crippen MR) is 112 cm³/mol. The number of nitrogens with zero attached hydrogens (tertiary/aromatic N) is 2. The molecule has 2 aromatic carbocycles. The minimum absolute atomic E-state index is 0.0325. The van der Waals surface area contributed by atoms with Gasteiger partial charge in [-0.2, -0.15) is 5.10 Å². The first-order valence-electron chi connectivity index (χ1n) is 9.84. The summed E-state index contributed by atoms with van der Waals surface area (Å²) in [5, 5.41) is 7.64. The van der Waals surface area contributed by atoms with Crippen LogP contribution >= 0.6 is 0 Å². The molecule has 8 heteroatoms. The second-order valence-corrected chi connectivity index (χ2v) is 7.49. The Bertz CT molecular complexity index is 1150. The SMILES string of the molecule is COC1CCN(C(=O)c2cc(Cc3n[nH]c(=O)c4cccc(N)c34)ccc2F)CC1. The van der Waals surface area contributed by atoms with Gasteiger partial charge < -0.3 is 15.4 Å². The fraction of sp³-hybridized carbons (Fsp3) is 0.318. The first kappa shape index (κ1) is 20.0. The zero-order valence-corrected chi connectivity index (χ0v) is 16.7. The molecule has 3 N–H and O–H groups in total. The summed E-state index contributed by atoms with van der Waals surface area (Å²) in [6.07, 6.45) is 1.90. The van der Waals surface area contributed by atoms with Crippen LogP contribution in [0.3, 0.4) is 0 Å². The van der Waals surface area contributed by atoms with Crippen molar-refractivity contribution in [1.29, 1.82) is 0 Å². The maximum Gasteiger partial charge on any atom is 0.272 e. The van der Waals surface area contributed by atoms with Crippen LogP contribution in [0, 0.1) is 5.82 Å². The Hall–Kier alpha value is -3.26. The first-order chi connectivity index (χ1) is 14.5. The smallest absolute Gasteiger partial charge is 0.272 e. The molecule has 1 amide bonds. The number of methoxy groups -OCH3 is 1. The lowest BCUT2D eigenvalue weighted by molar-refractivity contribution is 0.0348. The summed E-state index contributed by atoms with van der Waals surface area (Å²) in [7, 11) is 1.66. The molecule has 0 aliphatic carbocycles. The average Bonchev–Trinajstić information content (AvgIpc) is 2.77. The number of nitrogens with two attached hydrogens (primary N) is 1. The van der Waals surface area contributed by atoms with Crippen LogP contribution in [0.15, 0.2) is 41.2 Å². The van der Waals surface area contributed by atoms with E-state index in [-0.39, 0.29) is 23.1 Å². The topological polar surface area (TPSA) is 101 Å². The summed E-state index contributed by atoms with van der Waals surface area (Å²) in [6.45, 7) is 1.06. The molecule has 30 heavy (non-hydrogen) atoms. The molecule has 0 spiro atoms. The number of H-pyrrole nitrogens is 1. The Morgan fingerprint density at radius 1 is 1.30 bits per heavy atom. The number of piperidine rings is 1. The number of aromatic nitrogens is 2. The third kappa shape index (κ3) is 3.78. The number of hydrogen-bond acceptors (Lipinski definition) is 5. The highest BCUT2D eigenvalue weighted by atomic mass is 19.1. The van der Waals surface area contributed by atoms with Gasteiger partial charge in [0.15, 0.2) is 0 Å². The lowest BCUT2D eigenvalue weighted by Crippen LogP contribution is -2.41. The van der Waals surface area contributed by atoms with Crippen molar-refractivity contribution in [2.75, 3.05) is 25.9 Å². The number of nitrogen functional groups attached to an aromatic ring is 1. The standard InChI is InChI=1S/C22H23FN4O3/c1-30-14-7-9-27(10-8-14)22(29)16-11-13(5-6-17(16)23)12-19-20-15(21(28)26-25-19)3-2-4-18(20)24/h2-6,11,14H,7-10,12,24H2,1H3,(H,26,28). The zero-order valence-electron chi connectivity index (χ0n) is 16.7. The maximum absolute atomic E-state index is 14.5. The average molecular weight is 410 g/mol. The molecule has 0 radical (unpaired) electrons. The normalized spacial score (nSPS) is 14.9. The number of halogens is 1. The van der Waals surface area contributed by atoms with Gasteiger partial charge in [-0.1, -0.05) is 12.1 Å². The number of hydrogen-bond donors (Lipinski definition) is 2. The Kier molecular flexibility index (Phi) is 5.50. The predicted octanol–water partition coefficient (Wildman–Crippen LogP) is 2.49. The van der Waals surface area contributed by atoms with Gasteiger partial charge in [0, 0.05) is 37.7 Å². The summed E-state index contributed by atoms with van der Waals surface area (Å²) < 4.78 is 19.8. The fourth-order valence-electron chi connectivity index (χ4n) is 3.95. The third-order valence-electron chi connectivity index (χ3n) is 5.62. The number of aromatic amines is 1. The highest BCUT2D eigenvalue weighted by Gasteiger charge is 2.25. The minimum atomic E-state index is -0.559. The molecule has 0 bridgehead atoms. The van der Waals surface area contributed by atoms with Gasteiger partial charge in [0.25, 0.3) is 11.5 Å². The molecule has 7 nitrogen and oxygen atoms in total. The number of anilines is 1. The summed E-state index contributed by atoms with van der Waals surface area (Å²) in [5.41, 5.74) is 7.50. The molecule has 0 saturated carbocycles. The van der Waals surface area contributed by atoms with Crippen molar-refractivity contribution in [1.82, 2.24) is 15.1 Å². The largest absolute Gasteiger partial charge is 0.398 e. The Morgan fingerprint density at radius 3 is 2.80 bits per heavy atom. The third-order valence-corrected chi connectivity index (χ3v) is 5.62. The molecule has 2 heterocycles. The van der Waals surface area contributed by atoms with Crippen molar-refractivity contribution < 1.29 is 13.9 Å². The summed E-state index contributed by atoms with van der Waals surface area (Å²) in [5.74, 6) is -0.890. The number of ether oxygens (including phenoxy) is 1. The lowest BCUT2D eigenvalue weighted by Gasteiger charge is -2.31. The van der Waals surface area contributed by atoms with Crippen LogP contribution in [0.25, 0.3) is 10.8 Å². The maximum atomic E-state index is 14.5. The molecular weight excluding hydrogens is 387 g/mol. The van der Waals surface area contributed by atoms with Gasteiger partial charge in [0.1, 0.15) is 5.82 Å². The van der Waals surface area contributed by atoms with Crippen LogP contribution in [-0.4, -0.2) is 47.3 Å². The van der Waals surface area contributed by atoms with E-state index in [0.717, 1.165) is 12.8 Å². The number of nitrogens with one attached hydrogen (secondary N) is 1. The van der Waals surface area contributed by atoms with Crippen LogP contribution in [0.1, 0.15) is 34.5 Å². The number of benzene rings is 2. The Balaban J connectivity index is 1.63. The molecule has 1 saturated heterocycles. The van der Waals surface area contributed by atoms with E-state index in [2.05, 4.69) is 10.2 Å². The second kappa shape index (κ2) is 8.23. The van der Waals surface area contributed by atoms with Gasteiger partial charge in [-0.05, 0) is 42.7 Å². The van der Waals surface area contributed by atoms with Crippen LogP contribution in [0.2, 0.25) is 0 Å². The molecule has 1 aliphatic heterocycles. The van der Waals surface area contributed by atoms with E-state index in [4.69, 9.17) is 10.5 Å². The van der Waals surface area contributed by atoms with Crippen LogP contribution in [0.5, 0.6) is 0 Å².